The average Bonchev–Trinajstić information content (AvgIpc) is 3.34. The first-order valence-electron chi connectivity index (χ1n) is 11.1. The van der Waals surface area contributed by atoms with E-state index in [0.29, 0.717) is 27.1 Å². The SMILES string of the molecule is O=C1S/C(=C\c2cn(CCOc3ccccc3F)c3ccc(Br)cc23)C(=O)N1Cc1ccc(Cl)c(Cl)c1. The Morgan fingerprint density at radius 3 is 2.62 bits per heavy atom. The quantitative estimate of drug-likeness (QED) is 0.196. The highest BCUT2D eigenvalue weighted by Crippen LogP contribution is 2.36. The van der Waals surface area contributed by atoms with Crippen LogP contribution >= 0.6 is 50.9 Å². The highest BCUT2D eigenvalue weighted by Gasteiger charge is 2.35. The lowest BCUT2D eigenvalue weighted by Gasteiger charge is -2.12. The smallest absolute Gasteiger partial charge is 0.293 e. The number of amides is 2. The second kappa shape index (κ2) is 10.9. The number of hydrogen-bond acceptors (Lipinski definition) is 4. The zero-order chi connectivity index (χ0) is 26.1. The maximum Gasteiger partial charge on any atom is 0.293 e. The molecule has 1 aliphatic rings. The van der Waals surface area contributed by atoms with Gasteiger partial charge in [0.25, 0.3) is 11.1 Å². The largest absolute Gasteiger partial charge is 0.489 e. The van der Waals surface area contributed by atoms with Gasteiger partial charge in [-0.2, -0.15) is 0 Å². The van der Waals surface area contributed by atoms with Crippen molar-refractivity contribution in [3.8, 4) is 5.75 Å². The van der Waals surface area contributed by atoms with Crippen molar-refractivity contribution in [2.75, 3.05) is 6.61 Å². The zero-order valence-corrected chi connectivity index (χ0v) is 23.0. The van der Waals surface area contributed by atoms with E-state index in [2.05, 4.69) is 15.9 Å². The van der Waals surface area contributed by atoms with Crippen LogP contribution in [0.4, 0.5) is 9.18 Å². The van der Waals surface area contributed by atoms with E-state index in [1.807, 2.05) is 29.0 Å². The number of benzene rings is 3. The van der Waals surface area contributed by atoms with E-state index in [-0.39, 0.29) is 30.0 Å². The second-order valence-electron chi connectivity index (χ2n) is 8.23. The van der Waals surface area contributed by atoms with Crippen molar-refractivity contribution in [3.63, 3.8) is 0 Å². The molecule has 37 heavy (non-hydrogen) atoms. The molecule has 188 valence electrons. The number of hydrogen-bond donors (Lipinski definition) is 0. The molecule has 5 rings (SSSR count). The van der Waals surface area contributed by atoms with Crippen LogP contribution < -0.4 is 4.74 Å². The van der Waals surface area contributed by atoms with Crippen LogP contribution in [0.25, 0.3) is 17.0 Å². The van der Waals surface area contributed by atoms with Crippen molar-refractivity contribution >= 4 is 79.0 Å². The number of ether oxygens (including phenoxy) is 1. The highest BCUT2D eigenvalue weighted by atomic mass is 79.9. The van der Waals surface area contributed by atoms with Crippen LogP contribution in [-0.4, -0.2) is 27.2 Å². The molecule has 0 aliphatic carbocycles. The lowest BCUT2D eigenvalue weighted by Crippen LogP contribution is -2.27. The number of aromatic nitrogens is 1. The molecular formula is C27H18BrCl2FN2O3S. The number of halogens is 4. The highest BCUT2D eigenvalue weighted by molar-refractivity contribution is 9.10. The van der Waals surface area contributed by atoms with E-state index in [4.69, 9.17) is 27.9 Å². The molecule has 1 aliphatic heterocycles. The van der Waals surface area contributed by atoms with Crippen LogP contribution in [0, 0.1) is 5.82 Å². The van der Waals surface area contributed by atoms with Gasteiger partial charge in [0, 0.05) is 27.1 Å². The first kappa shape index (κ1) is 25.9. The van der Waals surface area contributed by atoms with Gasteiger partial charge < -0.3 is 9.30 Å². The van der Waals surface area contributed by atoms with Gasteiger partial charge >= 0.3 is 0 Å². The summed E-state index contributed by atoms with van der Waals surface area (Å²) in [5, 5.41) is 1.31. The summed E-state index contributed by atoms with van der Waals surface area (Å²) in [7, 11) is 0. The van der Waals surface area contributed by atoms with Crippen LogP contribution in [0.5, 0.6) is 5.75 Å². The Balaban J connectivity index is 1.39. The normalized spacial score (nSPS) is 14.8. The summed E-state index contributed by atoms with van der Waals surface area (Å²) in [5.41, 5.74) is 2.40. The van der Waals surface area contributed by atoms with Crippen molar-refractivity contribution in [2.45, 2.75) is 13.1 Å². The molecule has 1 fully saturated rings. The van der Waals surface area contributed by atoms with Crippen LogP contribution in [0.3, 0.4) is 0 Å². The fraction of sp³-hybridized carbons (Fsp3) is 0.111. The summed E-state index contributed by atoms with van der Waals surface area (Å²) >= 11 is 16.5. The van der Waals surface area contributed by atoms with Gasteiger partial charge in [0.2, 0.25) is 0 Å². The Kier molecular flexibility index (Phi) is 7.62. The molecule has 1 saturated heterocycles. The van der Waals surface area contributed by atoms with Gasteiger partial charge in [-0.25, -0.2) is 4.39 Å². The third-order valence-electron chi connectivity index (χ3n) is 5.79. The number of fused-ring (bicyclic) bond motifs is 1. The van der Waals surface area contributed by atoms with E-state index in [1.165, 1.54) is 11.0 Å². The van der Waals surface area contributed by atoms with Gasteiger partial charge in [-0.05, 0) is 65.9 Å². The Labute approximate surface area is 234 Å². The molecule has 2 heterocycles. The minimum Gasteiger partial charge on any atom is -0.489 e. The van der Waals surface area contributed by atoms with E-state index in [9.17, 15) is 14.0 Å². The van der Waals surface area contributed by atoms with Gasteiger partial charge in [0.1, 0.15) is 6.61 Å². The standard InChI is InChI=1S/C27H18BrCl2FN2O3S/c28-18-6-8-23-19(13-18)17(15-32(23)9-10-36-24-4-2-1-3-22(24)31)12-25-26(34)33(27(35)37-25)14-16-5-7-20(29)21(30)11-16/h1-8,11-13,15H,9-10,14H2/b25-12-. The predicted octanol–water partition coefficient (Wildman–Crippen LogP) is 8.17. The lowest BCUT2D eigenvalue weighted by molar-refractivity contribution is -0.123. The Morgan fingerprint density at radius 1 is 1.03 bits per heavy atom. The van der Waals surface area contributed by atoms with E-state index in [0.717, 1.165) is 32.7 Å². The summed E-state index contributed by atoms with van der Waals surface area (Å²) in [5.74, 6) is -0.599. The van der Waals surface area contributed by atoms with Gasteiger partial charge in [-0.15, -0.1) is 0 Å². The number of carbonyl (C=O) groups is 2. The monoisotopic (exact) mass is 618 g/mol. The molecule has 0 radical (unpaired) electrons. The molecule has 0 saturated carbocycles. The van der Waals surface area contributed by atoms with Crippen molar-refractivity contribution in [1.82, 2.24) is 9.47 Å². The van der Waals surface area contributed by atoms with E-state index < -0.39 is 5.82 Å². The van der Waals surface area contributed by atoms with Gasteiger partial charge in [-0.3, -0.25) is 14.5 Å². The summed E-state index contributed by atoms with van der Waals surface area (Å²) in [6.07, 6.45) is 3.62. The Hall–Kier alpha value is -2.78. The molecule has 4 aromatic rings. The Bertz CT molecular complexity index is 1570. The second-order valence-corrected chi connectivity index (χ2v) is 11.0. The number of imide groups is 1. The molecule has 5 nitrogen and oxygen atoms in total. The summed E-state index contributed by atoms with van der Waals surface area (Å²) < 4.78 is 22.4. The molecule has 0 unspecified atom stereocenters. The molecule has 0 spiro atoms. The third kappa shape index (κ3) is 5.57. The lowest BCUT2D eigenvalue weighted by atomic mass is 10.1. The number of thioether (sulfide) groups is 1. The van der Waals surface area contributed by atoms with Crippen molar-refractivity contribution in [1.29, 1.82) is 0 Å². The van der Waals surface area contributed by atoms with Crippen LogP contribution in [0.1, 0.15) is 11.1 Å². The first-order valence-corrected chi connectivity index (χ1v) is 13.5. The fourth-order valence-corrected chi connectivity index (χ4v) is 5.52. The maximum atomic E-state index is 13.9. The first-order chi connectivity index (χ1) is 17.8. The van der Waals surface area contributed by atoms with Crippen molar-refractivity contribution in [2.24, 2.45) is 0 Å². The molecular weight excluding hydrogens is 602 g/mol. The predicted molar refractivity (Wildman–Crippen MR) is 150 cm³/mol. The molecule has 0 atom stereocenters. The average molecular weight is 620 g/mol. The topological polar surface area (TPSA) is 51.5 Å². The number of rotatable bonds is 7. The van der Waals surface area contributed by atoms with Gasteiger partial charge in [0.15, 0.2) is 11.6 Å². The summed E-state index contributed by atoms with van der Waals surface area (Å²) in [4.78, 5) is 27.3. The number of carbonyl (C=O) groups excluding carboxylic acids is 2. The molecule has 3 aromatic carbocycles. The molecule has 0 N–H and O–H groups in total. The molecule has 2 amide bonds. The minimum absolute atomic E-state index is 0.0968. The number of para-hydroxylation sites is 1. The molecule has 0 bridgehead atoms. The molecule has 1 aromatic heterocycles. The third-order valence-corrected chi connectivity index (χ3v) is 7.92. The summed E-state index contributed by atoms with van der Waals surface area (Å²) in [6.45, 7) is 0.805. The molecule has 10 heteroatoms. The van der Waals surface area contributed by atoms with Crippen molar-refractivity contribution < 1.29 is 18.7 Å². The zero-order valence-electron chi connectivity index (χ0n) is 19.1. The van der Waals surface area contributed by atoms with E-state index >= 15 is 0 Å². The van der Waals surface area contributed by atoms with Crippen molar-refractivity contribution in [3.05, 3.63) is 103 Å². The van der Waals surface area contributed by atoms with Crippen LogP contribution in [-0.2, 0) is 17.9 Å². The Morgan fingerprint density at radius 2 is 1.84 bits per heavy atom. The summed E-state index contributed by atoms with van der Waals surface area (Å²) in [6, 6.07) is 17.1. The fourth-order valence-electron chi connectivity index (χ4n) is 4.01. The van der Waals surface area contributed by atoms with Gasteiger partial charge in [0.05, 0.1) is 28.0 Å². The number of nitrogens with zero attached hydrogens (tertiary/aromatic N) is 2. The maximum absolute atomic E-state index is 13.9. The van der Waals surface area contributed by atoms with Crippen LogP contribution in [0.15, 0.2) is 76.2 Å². The minimum atomic E-state index is -0.416. The van der Waals surface area contributed by atoms with Crippen LogP contribution in [0.2, 0.25) is 10.0 Å². The van der Waals surface area contributed by atoms with E-state index in [1.54, 1.807) is 42.5 Å². The van der Waals surface area contributed by atoms with Gasteiger partial charge in [-0.1, -0.05) is 57.3 Å².